The van der Waals surface area contributed by atoms with E-state index in [0.717, 1.165) is 24.8 Å². The van der Waals surface area contributed by atoms with Crippen LogP contribution in [0.1, 0.15) is 59.8 Å². The van der Waals surface area contributed by atoms with Gasteiger partial charge < -0.3 is 33.5 Å². The van der Waals surface area contributed by atoms with Gasteiger partial charge in [0.25, 0.3) is 5.91 Å². The number of ether oxygens (including phenoxy) is 5. The van der Waals surface area contributed by atoms with Gasteiger partial charge in [-0.15, -0.1) is 0 Å². The van der Waals surface area contributed by atoms with Crippen LogP contribution < -0.4 is 9.47 Å². The standard InChI is InChI=1S/C38H48N2O9S2/c1-23-10-11-32-37(4,14-12-33(48-25(3)42)38(32,5)22-47-24(2)41)27(23)20-31(26-13-19-45-35(26)44)51-36(50)40-17-15-39(16-18-40)34(43)30-21-46-28-8-6-7-9-29(28)49-30/h6-9,13,27,30-33H,1,10-12,14-22H2,2-5H3/t27-,30?,31+,32+,33-,37+,38+/m1/s1. The molecule has 0 N–H and O–H groups in total. The number of piperazine rings is 1. The zero-order chi connectivity index (χ0) is 36.5. The average molecular weight is 741 g/mol. The Kier molecular flexibility index (Phi) is 11.1. The third-order valence-electron chi connectivity index (χ3n) is 11.6. The van der Waals surface area contributed by atoms with E-state index in [-0.39, 0.29) is 72.2 Å². The highest BCUT2D eigenvalue weighted by atomic mass is 32.2. The first-order valence-electron chi connectivity index (χ1n) is 17.8. The molecule has 7 atom stereocenters. The number of thioether (sulfide) groups is 1. The molecule has 5 aliphatic rings. The molecule has 0 aromatic heterocycles. The predicted molar refractivity (Wildman–Crippen MR) is 195 cm³/mol. The number of fused-ring (bicyclic) bond motifs is 2. The lowest BCUT2D eigenvalue weighted by Gasteiger charge is -2.60. The van der Waals surface area contributed by atoms with Crippen molar-refractivity contribution in [1.82, 2.24) is 9.80 Å². The molecule has 0 radical (unpaired) electrons. The zero-order valence-electron chi connectivity index (χ0n) is 29.9. The number of allylic oxidation sites excluding steroid dienone is 1. The lowest BCUT2D eigenvalue weighted by Crippen LogP contribution is -2.59. The molecule has 1 aromatic carbocycles. The maximum Gasteiger partial charge on any atom is 0.335 e. The van der Waals surface area contributed by atoms with Gasteiger partial charge in [0.05, 0.1) is 5.57 Å². The molecule has 1 saturated heterocycles. The summed E-state index contributed by atoms with van der Waals surface area (Å²) in [5.74, 6) is 0.138. The smallest absolute Gasteiger partial charge is 0.335 e. The molecule has 3 aliphatic heterocycles. The predicted octanol–water partition coefficient (Wildman–Crippen LogP) is 5.11. The van der Waals surface area contributed by atoms with Gasteiger partial charge in [0, 0.05) is 50.7 Å². The minimum Gasteiger partial charge on any atom is -0.485 e. The third kappa shape index (κ3) is 7.65. The normalized spacial score (nSPS) is 30.8. The summed E-state index contributed by atoms with van der Waals surface area (Å²) in [7, 11) is 0. The quantitative estimate of drug-likeness (QED) is 0.152. The van der Waals surface area contributed by atoms with Crippen molar-refractivity contribution in [3.8, 4) is 11.5 Å². The van der Waals surface area contributed by atoms with E-state index < -0.39 is 11.5 Å². The first-order valence-corrected chi connectivity index (χ1v) is 19.1. The number of para-hydroxylation sites is 2. The first kappa shape index (κ1) is 37.2. The molecule has 3 heterocycles. The Morgan fingerprint density at radius 3 is 2.41 bits per heavy atom. The van der Waals surface area contributed by atoms with Crippen molar-refractivity contribution in [3.63, 3.8) is 0 Å². The minimum atomic E-state index is -0.703. The van der Waals surface area contributed by atoms with Crippen LogP contribution in [-0.2, 0) is 33.4 Å². The van der Waals surface area contributed by atoms with E-state index in [1.54, 1.807) is 11.0 Å². The van der Waals surface area contributed by atoms with Crippen LogP contribution in [-0.4, -0.2) is 101 Å². The van der Waals surface area contributed by atoms with Crippen molar-refractivity contribution < 1.29 is 42.9 Å². The van der Waals surface area contributed by atoms with E-state index in [0.29, 0.717) is 60.4 Å². The Labute approximate surface area is 309 Å². The Hall–Kier alpha value is -3.58. The van der Waals surface area contributed by atoms with E-state index in [4.69, 9.17) is 35.9 Å². The van der Waals surface area contributed by atoms with Gasteiger partial charge in [-0.2, -0.15) is 0 Å². The number of nitrogens with zero attached hydrogens (tertiary/aromatic N) is 2. The van der Waals surface area contributed by atoms with Crippen LogP contribution in [0.15, 0.2) is 48.1 Å². The maximum atomic E-state index is 13.4. The molecule has 6 rings (SSSR count). The van der Waals surface area contributed by atoms with Crippen molar-refractivity contribution in [2.24, 2.45) is 22.7 Å². The van der Waals surface area contributed by atoms with Crippen molar-refractivity contribution in [1.29, 1.82) is 0 Å². The largest absolute Gasteiger partial charge is 0.485 e. The molecule has 13 heteroatoms. The SMILES string of the molecule is C=C1CC[C@@H]2[C@](C)(COC(C)=O)[C@H](OC(C)=O)CC[C@@]2(C)[C@@H]1C[C@H](SC(=S)N1CCN(C(=O)C2COc3ccccc3O2)CC1)C1=CCOC1=O. The van der Waals surface area contributed by atoms with Gasteiger partial charge in [-0.25, -0.2) is 4.79 Å². The molecule has 3 fully saturated rings. The van der Waals surface area contributed by atoms with Crippen LogP contribution in [0, 0.1) is 22.7 Å². The van der Waals surface area contributed by atoms with Gasteiger partial charge in [-0.1, -0.05) is 62.1 Å². The van der Waals surface area contributed by atoms with E-state index in [1.807, 2.05) is 24.3 Å². The van der Waals surface area contributed by atoms with Crippen LogP contribution in [0.3, 0.4) is 0 Å². The number of thiocarbonyl (C=S) groups is 1. The number of carbonyl (C=O) groups is 4. The fourth-order valence-corrected chi connectivity index (χ4v) is 10.7. The molecule has 1 amide bonds. The van der Waals surface area contributed by atoms with Crippen molar-refractivity contribution >= 4 is 52.1 Å². The molecular formula is C38H48N2O9S2. The molecule has 0 bridgehead atoms. The highest BCUT2D eigenvalue weighted by molar-refractivity contribution is 8.23. The Bertz CT molecular complexity index is 1610. The van der Waals surface area contributed by atoms with Gasteiger partial charge in [-0.3, -0.25) is 14.4 Å². The lowest BCUT2D eigenvalue weighted by atomic mass is 9.46. The van der Waals surface area contributed by atoms with Crippen LogP contribution in [0.2, 0.25) is 0 Å². The molecule has 2 aliphatic carbocycles. The number of hydrogen-bond donors (Lipinski definition) is 0. The molecule has 276 valence electrons. The number of hydrogen-bond acceptors (Lipinski definition) is 11. The summed E-state index contributed by atoms with van der Waals surface area (Å²) >= 11 is 7.53. The molecule has 51 heavy (non-hydrogen) atoms. The topological polar surface area (TPSA) is 121 Å². The molecular weight excluding hydrogens is 693 g/mol. The monoisotopic (exact) mass is 740 g/mol. The Morgan fingerprint density at radius 1 is 1.04 bits per heavy atom. The molecule has 1 aromatic rings. The van der Waals surface area contributed by atoms with Crippen LogP contribution >= 0.6 is 24.0 Å². The molecule has 11 nitrogen and oxygen atoms in total. The summed E-state index contributed by atoms with van der Waals surface area (Å²) < 4.78 is 29.3. The van der Waals surface area contributed by atoms with Gasteiger partial charge in [-0.05, 0) is 67.6 Å². The summed E-state index contributed by atoms with van der Waals surface area (Å²) in [6.07, 6.45) is 4.41. The Balaban J connectivity index is 1.15. The summed E-state index contributed by atoms with van der Waals surface area (Å²) in [5, 5.41) is -0.275. The van der Waals surface area contributed by atoms with E-state index in [9.17, 15) is 19.2 Å². The second-order valence-electron chi connectivity index (χ2n) is 14.8. The van der Waals surface area contributed by atoms with Gasteiger partial charge >= 0.3 is 17.9 Å². The van der Waals surface area contributed by atoms with Crippen LogP contribution in [0.4, 0.5) is 0 Å². The summed E-state index contributed by atoms with van der Waals surface area (Å²) in [4.78, 5) is 54.5. The fraction of sp³-hybridized carbons (Fsp3) is 0.605. The van der Waals surface area contributed by atoms with Crippen molar-refractivity contribution in [3.05, 3.63) is 48.1 Å². The number of carbonyl (C=O) groups excluding carboxylic acids is 4. The van der Waals surface area contributed by atoms with E-state index >= 15 is 0 Å². The highest BCUT2D eigenvalue weighted by Crippen LogP contribution is 2.63. The van der Waals surface area contributed by atoms with E-state index in [1.165, 1.54) is 25.6 Å². The van der Waals surface area contributed by atoms with Crippen molar-refractivity contribution in [2.75, 3.05) is 46.0 Å². The first-order chi connectivity index (χ1) is 24.3. The van der Waals surface area contributed by atoms with E-state index in [2.05, 4.69) is 25.3 Å². The lowest BCUT2D eigenvalue weighted by molar-refractivity contribution is -0.191. The van der Waals surface area contributed by atoms with Gasteiger partial charge in [0.1, 0.15) is 30.2 Å². The number of esters is 3. The molecule has 1 unspecified atom stereocenters. The fourth-order valence-electron chi connectivity index (χ4n) is 8.99. The number of rotatable bonds is 8. The summed E-state index contributed by atoms with van der Waals surface area (Å²) in [5.41, 5.74) is 0.881. The second-order valence-corrected chi connectivity index (χ2v) is 16.6. The molecule has 2 saturated carbocycles. The number of cyclic esters (lactones) is 1. The second kappa shape index (κ2) is 15.2. The molecule has 0 spiro atoms. The van der Waals surface area contributed by atoms with Gasteiger partial charge in [0.2, 0.25) is 6.10 Å². The number of amides is 1. The van der Waals surface area contributed by atoms with Gasteiger partial charge in [0.15, 0.2) is 11.5 Å². The van der Waals surface area contributed by atoms with Crippen LogP contribution in [0.5, 0.6) is 11.5 Å². The van der Waals surface area contributed by atoms with Crippen LogP contribution in [0.25, 0.3) is 0 Å². The summed E-state index contributed by atoms with van der Waals surface area (Å²) in [6.45, 7) is 14.3. The van der Waals surface area contributed by atoms with Crippen molar-refractivity contribution in [2.45, 2.75) is 77.3 Å². The average Bonchev–Trinajstić information content (AvgIpc) is 3.54. The minimum absolute atomic E-state index is 0.0260. The third-order valence-corrected chi connectivity index (χ3v) is 13.4. The zero-order valence-corrected chi connectivity index (χ0v) is 31.5. The number of benzene rings is 1. The maximum absolute atomic E-state index is 13.4. The highest BCUT2D eigenvalue weighted by Gasteiger charge is 2.60. The summed E-state index contributed by atoms with van der Waals surface area (Å²) in [6, 6.07) is 7.34. The Morgan fingerprint density at radius 2 is 1.75 bits per heavy atom.